The number of piperidine rings is 1. The summed E-state index contributed by atoms with van der Waals surface area (Å²) in [5.74, 6) is 1.54. The zero-order valence-corrected chi connectivity index (χ0v) is 19.0. The van der Waals surface area contributed by atoms with E-state index in [2.05, 4.69) is 26.9 Å². The van der Waals surface area contributed by atoms with Crippen LogP contribution >= 0.6 is 24.0 Å². The number of likely N-dealkylation sites (tertiary alicyclic amines) is 1. The smallest absolute Gasteiger partial charge is 0.240 e. The van der Waals surface area contributed by atoms with E-state index in [0.29, 0.717) is 17.4 Å². The number of rotatable bonds is 6. The van der Waals surface area contributed by atoms with E-state index in [9.17, 15) is 8.42 Å². The molecule has 0 spiro atoms. The summed E-state index contributed by atoms with van der Waals surface area (Å²) in [6, 6.07) is 6.85. The lowest BCUT2D eigenvalue weighted by Crippen LogP contribution is -2.46. The van der Waals surface area contributed by atoms with Crippen LogP contribution in [0, 0.1) is 12.8 Å². The molecule has 1 heterocycles. The lowest BCUT2D eigenvalue weighted by Gasteiger charge is -2.33. The van der Waals surface area contributed by atoms with Crippen LogP contribution in [0.1, 0.15) is 32.3 Å². The molecule has 2 rings (SSSR count). The molecule has 1 aliphatic rings. The van der Waals surface area contributed by atoms with E-state index in [4.69, 9.17) is 0 Å². The van der Waals surface area contributed by atoms with Gasteiger partial charge in [-0.1, -0.05) is 24.6 Å². The van der Waals surface area contributed by atoms with Crippen LogP contribution < -0.4 is 10.0 Å². The molecule has 1 aromatic carbocycles. The van der Waals surface area contributed by atoms with Crippen LogP contribution in [0.3, 0.4) is 0 Å². The molecule has 0 saturated carbocycles. The Morgan fingerprint density at radius 1 is 1.31 bits per heavy atom. The Labute approximate surface area is 174 Å². The SMILES string of the molecule is CCNC(=NCCNS(=O)(=O)c1ccc(C)cc1)N1CCCC(C)C1.I. The monoisotopic (exact) mass is 494 g/mol. The number of halogens is 1. The second-order valence-electron chi connectivity index (χ2n) is 6.64. The fourth-order valence-electron chi connectivity index (χ4n) is 2.95. The molecular formula is C18H31IN4O2S. The van der Waals surface area contributed by atoms with Gasteiger partial charge in [0.15, 0.2) is 5.96 Å². The Hall–Kier alpha value is -0.870. The Balaban J connectivity index is 0.00000338. The van der Waals surface area contributed by atoms with Gasteiger partial charge < -0.3 is 10.2 Å². The van der Waals surface area contributed by atoms with Crippen molar-refractivity contribution in [3.63, 3.8) is 0 Å². The lowest BCUT2D eigenvalue weighted by molar-refractivity contribution is 0.266. The van der Waals surface area contributed by atoms with Gasteiger partial charge in [0.05, 0.1) is 11.4 Å². The van der Waals surface area contributed by atoms with Crippen LogP contribution in [-0.4, -0.2) is 52.0 Å². The second-order valence-corrected chi connectivity index (χ2v) is 8.41. The highest BCUT2D eigenvalue weighted by atomic mass is 127. The van der Waals surface area contributed by atoms with E-state index >= 15 is 0 Å². The molecule has 0 amide bonds. The molecule has 6 nitrogen and oxygen atoms in total. The van der Waals surface area contributed by atoms with Crippen molar-refractivity contribution in [2.75, 3.05) is 32.7 Å². The summed E-state index contributed by atoms with van der Waals surface area (Å²) in [5.41, 5.74) is 1.04. The summed E-state index contributed by atoms with van der Waals surface area (Å²) < 4.78 is 27.2. The van der Waals surface area contributed by atoms with Crippen molar-refractivity contribution in [1.29, 1.82) is 0 Å². The molecule has 8 heteroatoms. The fraction of sp³-hybridized carbons (Fsp3) is 0.611. The molecule has 148 valence electrons. The standard InChI is InChI=1S/C18H30N4O2S.HI/c1-4-19-18(22-13-5-6-16(3)14-22)20-11-12-21-25(23,24)17-9-7-15(2)8-10-17;/h7-10,16,21H,4-6,11-14H2,1-3H3,(H,19,20);1H. The molecular weight excluding hydrogens is 463 g/mol. The van der Waals surface area contributed by atoms with Gasteiger partial charge in [-0.3, -0.25) is 4.99 Å². The number of guanidine groups is 1. The largest absolute Gasteiger partial charge is 0.357 e. The van der Waals surface area contributed by atoms with Gasteiger partial charge in [-0.25, -0.2) is 13.1 Å². The highest BCUT2D eigenvalue weighted by Crippen LogP contribution is 2.15. The summed E-state index contributed by atoms with van der Waals surface area (Å²) in [5, 5.41) is 3.31. The quantitative estimate of drug-likeness (QED) is 0.276. The number of nitrogens with zero attached hydrogens (tertiary/aromatic N) is 2. The maximum absolute atomic E-state index is 12.3. The summed E-state index contributed by atoms with van der Waals surface area (Å²) in [6.07, 6.45) is 2.43. The van der Waals surface area contributed by atoms with Gasteiger partial charge in [-0.2, -0.15) is 0 Å². The number of aryl methyl sites for hydroxylation is 1. The zero-order chi connectivity index (χ0) is 18.3. The van der Waals surface area contributed by atoms with Crippen molar-refractivity contribution in [3.05, 3.63) is 29.8 Å². The van der Waals surface area contributed by atoms with Gasteiger partial charge in [-0.15, -0.1) is 24.0 Å². The van der Waals surface area contributed by atoms with Gasteiger partial charge in [0.25, 0.3) is 0 Å². The lowest BCUT2D eigenvalue weighted by atomic mass is 10.0. The van der Waals surface area contributed by atoms with Crippen molar-refractivity contribution in [3.8, 4) is 0 Å². The van der Waals surface area contributed by atoms with E-state index in [-0.39, 0.29) is 30.5 Å². The van der Waals surface area contributed by atoms with Gasteiger partial charge in [0, 0.05) is 26.2 Å². The Morgan fingerprint density at radius 3 is 2.62 bits per heavy atom. The first-order valence-electron chi connectivity index (χ1n) is 9.02. The third-order valence-electron chi connectivity index (χ3n) is 4.29. The van der Waals surface area contributed by atoms with Gasteiger partial charge in [0.1, 0.15) is 0 Å². The average Bonchev–Trinajstić information content (AvgIpc) is 2.58. The van der Waals surface area contributed by atoms with E-state index in [1.54, 1.807) is 24.3 Å². The van der Waals surface area contributed by atoms with Crippen molar-refractivity contribution >= 4 is 40.0 Å². The van der Waals surface area contributed by atoms with Crippen LogP contribution in [0.15, 0.2) is 34.2 Å². The van der Waals surface area contributed by atoms with Gasteiger partial charge in [-0.05, 0) is 44.7 Å². The molecule has 0 bridgehead atoms. The molecule has 2 N–H and O–H groups in total. The predicted octanol–water partition coefficient (Wildman–Crippen LogP) is 2.59. The van der Waals surface area contributed by atoms with E-state index in [0.717, 1.165) is 31.2 Å². The van der Waals surface area contributed by atoms with Crippen LogP contribution in [-0.2, 0) is 10.0 Å². The summed E-state index contributed by atoms with van der Waals surface area (Å²) in [7, 11) is -3.47. The highest BCUT2D eigenvalue weighted by molar-refractivity contribution is 14.0. The van der Waals surface area contributed by atoms with Gasteiger partial charge in [0.2, 0.25) is 10.0 Å². The van der Waals surface area contributed by atoms with Crippen LogP contribution in [0.4, 0.5) is 0 Å². The Kier molecular flexibility index (Phi) is 9.88. The molecule has 1 unspecified atom stereocenters. The van der Waals surface area contributed by atoms with Crippen LogP contribution in [0.2, 0.25) is 0 Å². The zero-order valence-electron chi connectivity index (χ0n) is 15.9. The molecule has 0 aromatic heterocycles. The predicted molar refractivity (Wildman–Crippen MR) is 118 cm³/mol. The van der Waals surface area contributed by atoms with E-state index in [1.165, 1.54) is 12.8 Å². The third-order valence-corrected chi connectivity index (χ3v) is 5.77. The molecule has 1 fully saturated rings. The first-order valence-corrected chi connectivity index (χ1v) is 10.5. The van der Waals surface area contributed by atoms with Crippen molar-refractivity contribution < 1.29 is 8.42 Å². The molecule has 1 saturated heterocycles. The number of benzene rings is 1. The summed E-state index contributed by atoms with van der Waals surface area (Å²) >= 11 is 0. The summed E-state index contributed by atoms with van der Waals surface area (Å²) in [4.78, 5) is 7.15. The minimum Gasteiger partial charge on any atom is -0.357 e. The maximum Gasteiger partial charge on any atom is 0.240 e. The molecule has 1 aromatic rings. The number of hydrogen-bond donors (Lipinski definition) is 2. The second kappa shape index (κ2) is 11.1. The Morgan fingerprint density at radius 2 is 2.00 bits per heavy atom. The molecule has 1 atom stereocenters. The number of aliphatic imine (C=N–C) groups is 1. The van der Waals surface area contributed by atoms with Crippen LogP contribution in [0.5, 0.6) is 0 Å². The maximum atomic E-state index is 12.3. The highest BCUT2D eigenvalue weighted by Gasteiger charge is 2.19. The third kappa shape index (κ3) is 7.03. The minimum atomic E-state index is -3.47. The molecule has 1 aliphatic heterocycles. The normalized spacial score (nSPS) is 18.3. The number of sulfonamides is 1. The van der Waals surface area contributed by atoms with Crippen molar-refractivity contribution in [1.82, 2.24) is 14.9 Å². The van der Waals surface area contributed by atoms with Crippen molar-refractivity contribution in [2.24, 2.45) is 10.9 Å². The van der Waals surface area contributed by atoms with E-state index < -0.39 is 10.0 Å². The fourth-order valence-corrected chi connectivity index (χ4v) is 3.97. The van der Waals surface area contributed by atoms with E-state index in [1.807, 2.05) is 13.8 Å². The van der Waals surface area contributed by atoms with Gasteiger partial charge >= 0.3 is 0 Å². The molecule has 0 radical (unpaired) electrons. The van der Waals surface area contributed by atoms with Crippen molar-refractivity contribution in [2.45, 2.75) is 38.5 Å². The topological polar surface area (TPSA) is 73.8 Å². The van der Waals surface area contributed by atoms with Crippen LogP contribution in [0.25, 0.3) is 0 Å². The summed E-state index contributed by atoms with van der Waals surface area (Å²) in [6.45, 7) is 9.74. The number of nitrogens with one attached hydrogen (secondary N) is 2. The first kappa shape index (κ1) is 23.2. The Bertz CT molecular complexity index is 677. The molecule has 0 aliphatic carbocycles. The minimum absolute atomic E-state index is 0. The number of hydrogen-bond acceptors (Lipinski definition) is 3. The molecule has 26 heavy (non-hydrogen) atoms. The average molecular weight is 494 g/mol. The first-order chi connectivity index (χ1) is 11.9.